The molecule has 1 aromatic heterocycles. The molecular weight excluding hydrogens is 178 g/mol. The van der Waals surface area contributed by atoms with Crippen molar-refractivity contribution in [3.63, 3.8) is 0 Å². The summed E-state index contributed by atoms with van der Waals surface area (Å²) in [6.07, 6.45) is 3.75. The monoisotopic (exact) mass is 197 g/mol. The Bertz CT molecular complexity index is 288. The Hall–Kier alpha value is -0.870. The summed E-state index contributed by atoms with van der Waals surface area (Å²) in [4.78, 5) is 4.02. The summed E-state index contributed by atoms with van der Waals surface area (Å²) in [5.74, 6) is 0. The van der Waals surface area contributed by atoms with Gasteiger partial charge in [-0.3, -0.25) is 0 Å². The zero-order valence-electron chi connectivity index (χ0n) is 9.07. The lowest BCUT2D eigenvalue weighted by Crippen LogP contribution is -2.40. The van der Waals surface area contributed by atoms with Crippen LogP contribution in [0.5, 0.6) is 0 Å². The fourth-order valence-electron chi connectivity index (χ4n) is 1.37. The molecule has 1 aromatic rings. The Morgan fingerprint density at radius 1 is 1.64 bits per heavy atom. The van der Waals surface area contributed by atoms with Crippen LogP contribution in [0.15, 0.2) is 12.5 Å². The van der Waals surface area contributed by atoms with Crippen molar-refractivity contribution in [2.75, 3.05) is 0 Å². The number of nitrogens with two attached hydrogens (primary N) is 1. The van der Waals surface area contributed by atoms with Gasteiger partial charge in [0.1, 0.15) is 6.10 Å². The van der Waals surface area contributed by atoms with Crippen molar-refractivity contribution in [2.45, 2.75) is 45.4 Å². The van der Waals surface area contributed by atoms with Gasteiger partial charge in [0.15, 0.2) is 0 Å². The molecule has 1 atom stereocenters. The molecule has 14 heavy (non-hydrogen) atoms. The maximum absolute atomic E-state index is 9.97. The largest absolute Gasteiger partial charge is 0.385 e. The molecule has 0 fully saturated rings. The highest BCUT2D eigenvalue weighted by molar-refractivity contribution is 5.08. The van der Waals surface area contributed by atoms with E-state index in [-0.39, 0.29) is 0 Å². The summed E-state index contributed by atoms with van der Waals surface area (Å²) in [6, 6.07) is 0. The molecule has 1 heterocycles. The van der Waals surface area contributed by atoms with Crippen LogP contribution >= 0.6 is 0 Å². The van der Waals surface area contributed by atoms with Gasteiger partial charge < -0.3 is 15.4 Å². The van der Waals surface area contributed by atoms with Crippen molar-refractivity contribution in [2.24, 2.45) is 5.73 Å². The average molecular weight is 197 g/mol. The minimum absolute atomic E-state index is 0.633. The third-order valence-corrected chi connectivity index (χ3v) is 2.19. The SMILES string of the molecule is CCCn1cncc1C(O)C(C)(C)N. The van der Waals surface area contributed by atoms with Crippen LogP contribution < -0.4 is 5.73 Å². The molecule has 3 N–H and O–H groups in total. The summed E-state index contributed by atoms with van der Waals surface area (Å²) in [7, 11) is 0. The summed E-state index contributed by atoms with van der Waals surface area (Å²) < 4.78 is 1.94. The minimum Gasteiger partial charge on any atom is -0.385 e. The van der Waals surface area contributed by atoms with Gasteiger partial charge in [-0.25, -0.2) is 4.98 Å². The number of hydrogen-bond acceptors (Lipinski definition) is 3. The molecule has 0 saturated carbocycles. The van der Waals surface area contributed by atoms with E-state index in [2.05, 4.69) is 11.9 Å². The van der Waals surface area contributed by atoms with E-state index in [9.17, 15) is 5.11 Å². The van der Waals surface area contributed by atoms with E-state index in [0.29, 0.717) is 0 Å². The second kappa shape index (κ2) is 4.11. The standard InChI is InChI=1S/C10H19N3O/c1-4-5-13-7-12-6-8(13)9(14)10(2,3)11/h6-7,9,14H,4-5,11H2,1-3H3. The van der Waals surface area contributed by atoms with Gasteiger partial charge in [0.25, 0.3) is 0 Å². The van der Waals surface area contributed by atoms with E-state index in [1.54, 1.807) is 26.4 Å². The highest BCUT2D eigenvalue weighted by Crippen LogP contribution is 2.22. The molecule has 0 aliphatic heterocycles. The van der Waals surface area contributed by atoms with Gasteiger partial charge >= 0.3 is 0 Å². The molecule has 0 bridgehead atoms. The molecule has 0 saturated heterocycles. The molecule has 0 aliphatic rings. The molecular formula is C10H19N3O. The van der Waals surface area contributed by atoms with Crippen molar-refractivity contribution < 1.29 is 5.11 Å². The van der Waals surface area contributed by atoms with Crippen molar-refractivity contribution in [3.05, 3.63) is 18.2 Å². The van der Waals surface area contributed by atoms with Crippen molar-refractivity contribution >= 4 is 0 Å². The van der Waals surface area contributed by atoms with Crippen LogP contribution in [-0.2, 0) is 6.54 Å². The molecule has 4 nitrogen and oxygen atoms in total. The normalized spacial score (nSPS) is 14.4. The highest BCUT2D eigenvalue weighted by Gasteiger charge is 2.26. The topological polar surface area (TPSA) is 64.1 Å². The molecule has 0 amide bonds. The molecule has 4 heteroatoms. The lowest BCUT2D eigenvalue weighted by Gasteiger charge is -2.26. The lowest BCUT2D eigenvalue weighted by atomic mass is 9.96. The maximum Gasteiger partial charge on any atom is 0.113 e. The number of aliphatic hydroxyl groups excluding tert-OH is 1. The second-order valence-corrected chi connectivity index (χ2v) is 4.24. The summed E-state index contributed by atoms with van der Waals surface area (Å²) >= 11 is 0. The summed E-state index contributed by atoms with van der Waals surface area (Å²) in [6.45, 7) is 6.56. The first-order valence-corrected chi connectivity index (χ1v) is 4.93. The molecule has 0 spiro atoms. The third-order valence-electron chi connectivity index (χ3n) is 2.19. The number of aliphatic hydroxyl groups is 1. The quantitative estimate of drug-likeness (QED) is 0.758. The highest BCUT2D eigenvalue weighted by atomic mass is 16.3. The number of aromatic nitrogens is 2. The molecule has 0 radical (unpaired) electrons. The Morgan fingerprint density at radius 3 is 2.79 bits per heavy atom. The van der Waals surface area contributed by atoms with Gasteiger partial charge in [0.2, 0.25) is 0 Å². The van der Waals surface area contributed by atoms with E-state index in [1.165, 1.54) is 0 Å². The summed E-state index contributed by atoms with van der Waals surface area (Å²) in [5.41, 5.74) is 6.00. The van der Waals surface area contributed by atoms with Crippen LogP contribution in [0.2, 0.25) is 0 Å². The van der Waals surface area contributed by atoms with Crippen molar-refractivity contribution in [1.82, 2.24) is 9.55 Å². The number of aryl methyl sites for hydroxylation is 1. The Labute approximate surface area is 84.8 Å². The van der Waals surface area contributed by atoms with E-state index >= 15 is 0 Å². The Morgan fingerprint density at radius 2 is 2.29 bits per heavy atom. The first-order valence-electron chi connectivity index (χ1n) is 4.93. The Kier molecular flexibility index (Phi) is 3.29. The van der Waals surface area contributed by atoms with Crippen LogP contribution in [0.25, 0.3) is 0 Å². The van der Waals surface area contributed by atoms with Crippen LogP contribution in [0.3, 0.4) is 0 Å². The van der Waals surface area contributed by atoms with E-state index < -0.39 is 11.6 Å². The number of hydrogen-bond donors (Lipinski definition) is 2. The van der Waals surface area contributed by atoms with E-state index in [0.717, 1.165) is 18.7 Å². The lowest BCUT2D eigenvalue weighted by molar-refractivity contribution is 0.0965. The zero-order chi connectivity index (χ0) is 10.8. The Balaban J connectivity index is 2.89. The predicted octanol–water partition coefficient (Wildman–Crippen LogP) is 1.06. The van der Waals surface area contributed by atoms with Crippen molar-refractivity contribution in [3.8, 4) is 0 Å². The average Bonchev–Trinajstić information content (AvgIpc) is 2.50. The molecule has 0 aliphatic carbocycles. The number of nitrogens with zero attached hydrogens (tertiary/aromatic N) is 2. The fourth-order valence-corrected chi connectivity index (χ4v) is 1.37. The van der Waals surface area contributed by atoms with Crippen LogP contribution in [0, 0.1) is 0 Å². The van der Waals surface area contributed by atoms with E-state index in [4.69, 9.17) is 5.73 Å². The first-order chi connectivity index (χ1) is 6.46. The van der Waals surface area contributed by atoms with Gasteiger partial charge in [0, 0.05) is 12.1 Å². The van der Waals surface area contributed by atoms with Gasteiger partial charge in [-0.15, -0.1) is 0 Å². The van der Waals surface area contributed by atoms with Gasteiger partial charge in [0.05, 0.1) is 18.2 Å². The fraction of sp³-hybridized carbons (Fsp3) is 0.700. The summed E-state index contributed by atoms with van der Waals surface area (Å²) in [5, 5.41) is 9.97. The van der Waals surface area contributed by atoms with Crippen LogP contribution in [0.4, 0.5) is 0 Å². The molecule has 0 aromatic carbocycles. The van der Waals surface area contributed by atoms with Gasteiger partial charge in [-0.05, 0) is 20.3 Å². The number of imidazole rings is 1. The smallest absolute Gasteiger partial charge is 0.113 e. The first kappa shape index (κ1) is 11.2. The molecule has 1 rings (SSSR count). The van der Waals surface area contributed by atoms with Crippen LogP contribution in [0.1, 0.15) is 39.0 Å². The predicted molar refractivity (Wildman–Crippen MR) is 55.7 cm³/mol. The second-order valence-electron chi connectivity index (χ2n) is 4.24. The van der Waals surface area contributed by atoms with Gasteiger partial charge in [-0.2, -0.15) is 0 Å². The van der Waals surface area contributed by atoms with Gasteiger partial charge in [-0.1, -0.05) is 6.92 Å². The zero-order valence-corrected chi connectivity index (χ0v) is 9.07. The van der Waals surface area contributed by atoms with Crippen molar-refractivity contribution in [1.29, 1.82) is 0 Å². The number of rotatable bonds is 4. The minimum atomic E-state index is -0.670. The maximum atomic E-state index is 9.97. The van der Waals surface area contributed by atoms with E-state index in [1.807, 2.05) is 4.57 Å². The molecule has 80 valence electrons. The third kappa shape index (κ3) is 2.33. The molecule has 1 unspecified atom stereocenters. The van der Waals surface area contributed by atoms with Crippen LogP contribution in [-0.4, -0.2) is 20.2 Å².